The summed E-state index contributed by atoms with van der Waals surface area (Å²) in [6.07, 6.45) is 4.57. The summed E-state index contributed by atoms with van der Waals surface area (Å²) < 4.78 is 15.0. The van der Waals surface area contributed by atoms with Gasteiger partial charge in [-0.3, -0.25) is 0 Å². The Morgan fingerprint density at radius 2 is 1.24 bits per heavy atom. The molecule has 2 aromatic carbocycles. The number of ether oxygens (including phenoxy) is 3. The molecular formula is C20H16O5. The number of hydrogen-bond donors (Lipinski definition) is 0. The number of carbonyl (C=O) groups is 2. The van der Waals surface area contributed by atoms with Gasteiger partial charge in [0.25, 0.3) is 0 Å². The molecule has 0 spiro atoms. The van der Waals surface area contributed by atoms with Crippen LogP contribution < -0.4 is 9.47 Å². The number of rotatable bonds is 7. The molecule has 0 heterocycles. The van der Waals surface area contributed by atoms with Crippen molar-refractivity contribution in [3.63, 3.8) is 0 Å². The summed E-state index contributed by atoms with van der Waals surface area (Å²) in [5, 5.41) is 0. The number of esters is 2. The highest BCUT2D eigenvalue weighted by atomic mass is 16.5. The van der Waals surface area contributed by atoms with Gasteiger partial charge < -0.3 is 14.2 Å². The summed E-state index contributed by atoms with van der Waals surface area (Å²) in [4.78, 5) is 22.0. The molecule has 0 radical (unpaired) electrons. The Morgan fingerprint density at radius 3 is 1.76 bits per heavy atom. The van der Waals surface area contributed by atoms with Crippen LogP contribution in [0.3, 0.4) is 0 Å². The van der Waals surface area contributed by atoms with Crippen LogP contribution in [0.25, 0.3) is 11.1 Å². The number of carbonyl (C=O) groups excluding carboxylic acids is 2. The molecule has 0 N–H and O–H groups in total. The highest BCUT2D eigenvalue weighted by molar-refractivity contribution is 5.83. The molecule has 0 atom stereocenters. The minimum Gasteiger partial charge on any atom is -0.462 e. The van der Waals surface area contributed by atoms with Crippen molar-refractivity contribution in [2.75, 3.05) is 0 Å². The standard InChI is InChI=1S/C20H16O5/c1-3-19(21)24-14-13-23-17-9-5-15(6-10-17)16-7-11-18(12-8-16)25-20(22)4-2/h3-14H,1-2H2/b14-13+. The van der Waals surface area contributed by atoms with E-state index in [0.717, 1.165) is 29.5 Å². The van der Waals surface area contributed by atoms with Gasteiger partial charge in [-0.1, -0.05) is 37.4 Å². The topological polar surface area (TPSA) is 61.8 Å². The molecule has 0 unspecified atom stereocenters. The van der Waals surface area contributed by atoms with Crippen LogP contribution in [0.4, 0.5) is 0 Å². The van der Waals surface area contributed by atoms with Crippen molar-refractivity contribution in [3.8, 4) is 22.6 Å². The summed E-state index contributed by atoms with van der Waals surface area (Å²) in [6.45, 7) is 6.63. The summed E-state index contributed by atoms with van der Waals surface area (Å²) in [5.41, 5.74) is 1.93. The van der Waals surface area contributed by atoms with E-state index in [1.54, 1.807) is 24.3 Å². The van der Waals surface area contributed by atoms with Gasteiger partial charge in [0.15, 0.2) is 0 Å². The van der Waals surface area contributed by atoms with E-state index in [1.165, 1.54) is 6.26 Å². The normalized spacial score (nSPS) is 10.1. The molecule has 0 bridgehead atoms. The zero-order valence-electron chi connectivity index (χ0n) is 13.4. The van der Waals surface area contributed by atoms with Gasteiger partial charge in [-0.15, -0.1) is 0 Å². The van der Waals surface area contributed by atoms with Crippen LogP contribution in [-0.2, 0) is 14.3 Å². The SMILES string of the molecule is C=CC(=O)O/C=C/Oc1ccc(-c2ccc(OC(=O)C=C)cc2)cc1. The van der Waals surface area contributed by atoms with Crippen molar-refractivity contribution in [2.45, 2.75) is 0 Å². The Labute approximate surface area is 145 Å². The third-order valence-corrected chi connectivity index (χ3v) is 3.04. The van der Waals surface area contributed by atoms with Gasteiger partial charge in [0.2, 0.25) is 0 Å². The molecule has 0 aliphatic carbocycles. The zero-order chi connectivity index (χ0) is 18.1. The molecule has 5 heteroatoms. The first-order valence-corrected chi connectivity index (χ1v) is 7.32. The molecule has 5 nitrogen and oxygen atoms in total. The van der Waals surface area contributed by atoms with Crippen molar-refractivity contribution >= 4 is 11.9 Å². The minimum atomic E-state index is -0.558. The molecule has 0 aliphatic heterocycles. The van der Waals surface area contributed by atoms with Gasteiger partial charge >= 0.3 is 11.9 Å². The fourth-order valence-corrected chi connectivity index (χ4v) is 1.85. The first-order valence-electron chi connectivity index (χ1n) is 7.32. The van der Waals surface area contributed by atoms with E-state index in [1.807, 2.05) is 24.3 Å². The molecule has 0 aromatic heterocycles. The first kappa shape index (κ1) is 17.7. The average Bonchev–Trinajstić information content (AvgIpc) is 2.66. The highest BCUT2D eigenvalue weighted by Crippen LogP contribution is 2.24. The van der Waals surface area contributed by atoms with Crippen molar-refractivity contribution in [3.05, 3.63) is 86.4 Å². The first-order chi connectivity index (χ1) is 12.1. The minimum absolute atomic E-state index is 0.452. The van der Waals surface area contributed by atoms with E-state index in [-0.39, 0.29) is 0 Å². The van der Waals surface area contributed by atoms with E-state index in [0.29, 0.717) is 11.5 Å². The van der Waals surface area contributed by atoms with Gasteiger partial charge in [0.1, 0.15) is 24.0 Å². The molecule has 2 aromatic rings. The van der Waals surface area contributed by atoms with Crippen molar-refractivity contribution in [1.29, 1.82) is 0 Å². The Hall–Kier alpha value is -3.60. The van der Waals surface area contributed by atoms with Gasteiger partial charge in [0.05, 0.1) is 0 Å². The molecule has 0 amide bonds. The molecule has 2 rings (SSSR count). The summed E-state index contributed by atoms with van der Waals surface area (Å²) >= 11 is 0. The average molecular weight is 336 g/mol. The Morgan fingerprint density at radius 1 is 0.720 bits per heavy atom. The van der Waals surface area contributed by atoms with Crippen LogP contribution in [0.15, 0.2) is 86.4 Å². The van der Waals surface area contributed by atoms with E-state index in [4.69, 9.17) is 9.47 Å². The van der Waals surface area contributed by atoms with E-state index >= 15 is 0 Å². The largest absolute Gasteiger partial charge is 0.462 e. The highest BCUT2D eigenvalue weighted by Gasteiger charge is 2.02. The summed E-state index contributed by atoms with van der Waals surface area (Å²) in [6, 6.07) is 14.4. The summed E-state index contributed by atoms with van der Waals surface area (Å²) in [5.74, 6) is -0.0162. The molecular weight excluding hydrogens is 320 g/mol. The molecule has 0 fully saturated rings. The van der Waals surface area contributed by atoms with Crippen LogP contribution >= 0.6 is 0 Å². The van der Waals surface area contributed by atoms with Gasteiger partial charge in [-0.25, -0.2) is 9.59 Å². The van der Waals surface area contributed by atoms with Crippen LogP contribution in [0.2, 0.25) is 0 Å². The smallest absolute Gasteiger partial charge is 0.335 e. The maximum Gasteiger partial charge on any atom is 0.335 e. The second-order valence-corrected chi connectivity index (χ2v) is 4.71. The van der Waals surface area contributed by atoms with Crippen LogP contribution in [0.1, 0.15) is 0 Å². The lowest BCUT2D eigenvalue weighted by atomic mass is 10.1. The maximum atomic E-state index is 11.1. The van der Waals surface area contributed by atoms with Crippen molar-refractivity contribution in [2.24, 2.45) is 0 Å². The predicted octanol–water partition coefficient (Wildman–Crippen LogP) is 4.02. The van der Waals surface area contributed by atoms with Gasteiger partial charge in [0, 0.05) is 12.2 Å². The van der Waals surface area contributed by atoms with Crippen molar-refractivity contribution < 1.29 is 23.8 Å². The second-order valence-electron chi connectivity index (χ2n) is 4.71. The molecule has 126 valence electrons. The quantitative estimate of drug-likeness (QED) is 0.331. The third-order valence-electron chi connectivity index (χ3n) is 3.04. The van der Waals surface area contributed by atoms with E-state index in [9.17, 15) is 9.59 Å². The zero-order valence-corrected chi connectivity index (χ0v) is 13.4. The monoisotopic (exact) mass is 336 g/mol. The molecule has 0 saturated carbocycles. The molecule has 25 heavy (non-hydrogen) atoms. The van der Waals surface area contributed by atoms with Gasteiger partial charge in [-0.2, -0.15) is 0 Å². The Kier molecular flexibility index (Phi) is 6.31. The third kappa shape index (κ3) is 5.51. The Bertz CT molecular complexity index is 786. The molecule has 0 aliphatic rings. The fourth-order valence-electron chi connectivity index (χ4n) is 1.85. The fraction of sp³-hybridized carbons (Fsp3) is 0. The van der Waals surface area contributed by atoms with E-state index in [2.05, 4.69) is 17.9 Å². The van der Waals surface area contributed by atoms with Crippen LogP contribution in [0, 0.1) is 0 Å². The van der Waals surface area contributed by atoms with Gasteiger partial charge in [-0.05, 0) is 35.4 Å². The Balaban J connectivity index is 1.97. The lowest BCUT2D eigenvalue weighted by Gasteiger charge is -2.06. The summed E-state index contributed by atoms with van der Waals surface area (Å²) in [7, 11) is 0. The van der Waals surface area contributed by atoms with Crippen molar-refractivity contribution in [1.82, 2.24) is 0 Å². The number of benzene rings is 2. The van der Waals surface area contributed by atoms with Crippen LogP contribution in [0.5, 0.6) is 11.5 Å². The lowest BCUT2D eigenvalue weighted by molar-refractivity contribution is -0.132. The maximum absolute atomic E-state index is 11.1. The van der Waals surface area contributed by atoms with E-state index < -0.39 is 11.9 Å². The lowest BCUT2D eigenvalue weighted by Crippen LogP contribution is -2.02. The number of hydrogen-bond acceptors (Lipinski definition) is 5. The second kappa shape index (κ2) is 8.88. The van der Waals surface area contributed by atoms with Crippen LogP contribution in [-0.4, -0.2) is 11.9 Å². The predicted molar refractivity (Wildman–Crippen MR) is 93.8 cm³/mol. The molecule has 0 saturated heterocycles.